The van der Waals surface area contributed by atoms with Crippen LogP contribution >= 0.6 is 20.7 Å². The first kappa shape index (κ1) is 36.7. The van der Waals surface area contributed by atoms with E-state index in [1.165, 1.54) is 18.2 Å². The smallest absolute Gasteiger partial charge is 0.164 e. The lowest BCUT2D eigenvalue weighted by Gasteiger charge is -2.15. The van der Waals surface area contributed by atoms with Crippen molar-refractivity contribution in [2.75, 3.05) is 0 Å². The molecule has 0 aliphatic rings. The molecule has 0 unspecified atom stereocenters. The summed E-state index contributed by atoms with van der Waals surface area (Å²) in [5, 5.41) is 4.80. The van der Waals surface area contributed by atoms with Gasteiger partial charge in [-0.3, -0.25) is 19.9 Å². The summed E-state index contributed by atoms with van der Waals surface area (Å²) >= 11 is -0.954. The lowest BCUT2D eigenvalue weighted by Crippen LogP contribution is -2.03. The van der Waals surface area contributed by atoms with Crippen LogP contribution in [0.15, 0.2) is 152 Å². The van der Waals surface area contributed by atoms with Crippen LogP contribution in [0.4, 0.5) is 13.2 Å². The average molecular weight is 910 g/mol. The topological polar surface area (TPSA) is 90.2 Å². The van der Waals surface area contributed by atoms with Gasteiger partial charge in [0.05, 0.1) is 27.6 Å². The van der Waals surface area contributed by atoms with Gasteiger partial charge in [-0.1, -0.05) is 85.9 Å². The Bertz CT molecular complexity index is 3610. The molecule has 0 bridgehead atoms. The molecule has 0 saturated heterocycles. The van der Waals surface area contributed by atoms with Crippen LogP contribution in [0.25, 0.3) is 111 Å². The van der Waals surface area contributed by atoms with E-state index in [1.807, 2.05) is 84.9 Å². The molecule has 11 aromatic rings. The molecule has 0 fully saturated rings. The molecular formula is C50H27F3IN7. The van der Waals surface area contributed by atoms with Crippen molar-refractivity contribution in [1.29, 1.82) is 0 Å². The van der Waals surface area contributed by atoms with Gasteiger partial charge >= 0.3 is 0 Å². The summed E-state index contributed by atoms with van der Waals surface area (Å²) in [7, 11) is 0. The molecule has 5 aromatic heterocycles. The molecule has 0 amide bonds. The predicted octanol–water partition coefficient (Wildman–Crippen LogP) is 12.5. The van der Waals surface area contributed by atoms with E-state index in [0.29, 0.717) is 58.7 Å². The molecule has 61 heavy (non-hydrogen) atoms. The average Bonchev–Trinajstić information content (AvgIpc) is 3.30. The summed E-state index contributed by atoms with van der Waals surface area (Å²) in [5.74, 6) is -1.72. The van der Waals surface area contributed by atoms with Crippen molar-refractivity contribution < 1.29 is 13.2 Å². The second-order valence-electron chi connectivity index (χ2n) is 14.4. The van der Waals surface area contributed by atoms with Crippen LogP contribution < -0.4 is 0 Å². The third-order valence-electron chi connectivity index (χ3n) is 10.8. The van der Waals surface area contributed by atoms with Crippen molar-refractivity contribution in [3.8, 4) is 56.4 Å². The third kappa shape index (κ3) is 6.27. The Labute approximate surface area is 355 Å². The maximum atomic E-state index is 16.9. The summed E-state index contributed by atoms with van der Waals surface area (Å²) in [6.45, 7) is 0. The van der Waals surface area contributed by atoms with Crippen LogP contribution in [0.3, 0.4) is 0 Å². The highest BCUT2D eigenvalue weighted by Gasteiger charge is 2.23. The van der Waals surface area contributed by atoms with Gasteiger partial charge in [0.25, 0.3) is 0 Å². The maximum Gasteiger partial charge on any atom is 0.164 e. The van der Waals surface area contributed by atoms with Crippen LogP contribution in [0.1, 0.15) is 0 Å². The first-order chi connectivity index (χ1) is 29.9. The molecule has 290 valence electrons. The Hall–Kier alpha value is -7.38. The van der Waals surface area contributed by atoms with E-state index in [1.54, 1.807) is 49.1 Å². The largest absolute Gasteiger partial charge is 0.254 e. The highest BCUT2D eigenvalue weighted by molar-refractivity contribution is 14.2. The van der Waals surface area contributed by atoms with Crippen molar-refractivity contribution in [1.82, 2.24) is 34.9 Å². The predicted molar refractivity (Wildman–Crippen MR) is 245 cm³/mol. The molecular weight excluding hydrogens is 882 g/mol. The Kier molecular flexibility index (Phi) is 8.85. The van der Waals surface area contributed by atoms with E-state index in [4.69, 9.17) is 15.0 Å². The first-order valence-electron chi connectivity index (χ1n) is 19.1. The molecule has 0 N–H and O–H groups in total. The molecule has 11 heteroatoms. The first-order valence-corrected chi connectivity index (χ1v) is 21.7. The standard InChI is InChI=1S/C50H27F3IN7/c1-54-41-26-33(25-40(53)43(41)37-22-30-11-5-17-56-45(30)47-35(37)13-7-19-58-47)50-60-48(31-15-14-27-8-2-3-9-28(27)20-31)59-49(61-50)32-23-38(51)42(39(52)24-32)36-21-29-10-4-16-55-44(29)46-34(36)12-6-18-57-46/h2-26H,1H2. The fraction of sp³-hybridized carbons (Fsp3) is 0. The van der Waals surface area contributed by atoms with Gasteiger partial charge in [0.15, 0.2) is 17.5 Å². The molecule has 6 aromatic carbocycles. The normalized spacial score (nSPS) is 11.7. The summed E-state index contributed by atoms with van der Waals surface area (Å²) in [6.07, 6.45) is 6.70. The zero-order chi connectivity index (χ0) is 41.2. The highest BCUT2D eigenvalue weighted by Crippen LogP contribution is 2.41. The second-order valence-corrected chi connectivity index (χ2v) is 16.4. The maximum absolute atomic E-state index is 16.9. The molecule has 0 atom stereocenters. The van der Waals surface area contributed by atoms with Crippen LogP contribution in [-0.4, -0.2) is 39.4 Å². The Morgan fingerprint density at radius 1 is 0.393 bits per heavy atom. The highest BCUT2D eigenvalue weighted by atomic mass is 127. The minimum Gasteiger partial charge on any atom is -0.254 e. The van der Waals surface area contributed by atoms with E-state index in [-0.39, 0.29) is 28.6 Å². The van der Waals surface area contributed by atoms with Crippen LogP contribution in [-0.2, 0) is 0 Å². The quantitative estimate of drug-likeness (QED) is 0.121. The Morgan fingerprint density at radius 2 is 0.852 bits per heavy atom. The number of benzene rings is 6. The number of nitrogens with zero attached hydrogens (tertiary/aromatic N) is 7. The van der Waals surface area contributed by atoms with E-state index in [9.17, 15) is 0 Å². The van der Waals surface area contributed by atoms with Crippen molar-refractivity contribution >= 4 is 79.6 Å². The van der Waals surface area contributed by atoms with Crippen LogP contribution in [0.2, 0.25) is 0 Å². The summed E-state index contributed by atoms with van der Waals surface area (Å²) in [6, 6.07) is 37.6. The molecule has 0 saturated carbocycles. The SMILES string of the molecule is C=Ic1cc(-c2nc(-c3cc(F)c(-c4cc5cccnc5c5ncccc45)c(F)c3)nc(-c3ccc4ccccc4c3)n2)cc(F)c1-c1cc2cccnc2c2ncccc12. The van der Waals surface area contributed by atoms with Gasteiger partial charge in [-0.05, 0) is 88.6 Å². The van der Waals surface area contributed by atoms with Gasteiger partial charge in [-0.25, -0.2) is 28.1 Å². The summed E-state index contributed by atoms with van der Waals surface area (Å²) in [5.41, 5.74) is 4.88. The van der Waals surface area contributed by atoms with Gasteiger partial charge in [0, 0.05) is 72.2 Å². The van der Waals surface area contributed by atoms with Crippen molar-refractivity contribution in [3.05, 3.63) is 173 Å². The van der Waals surface area contributed by atoms with E-state index in [2.05, 4.69) is 24.5 Å². The van der Waals surface area contributed by atoms with Crippen molar-refractivity contribution in [2.45, 2.75) is 0 Å². The fourth-order valence-electron chi connectivity index (χ4n) is 8.08. The number of hydrogen-bond acceptors (Lipinski definition) is 7. The number of rotatable bonds is 6. The molecule has 11 rings (SSSR count). The number of hydrogen-bond donors (Lipinski definition) is 0. The summed E-state index contributed by atoms with van der Waals surface area (Å²) in [4.78, 5) is 32.6. The number of pyridine rings is 4. The van der Waals surface area contributed by atoms with Gasteiger partial charge in [0.2, 0.25) is 0 Å². The number of halogens is 4. The molecule has 7 nitrogen and oxygen atoms in total. The van der Waals surface area contributed by atoms with Gasteiger partial charge in [0.1, 0.15) is 17.5 Å². The monoisotopic (exact) mass is 909 g/mol. The lowest BCUT2D eigenvalue weighted by molar-refractivity contribution is 0.590. The van der Waals surface area contributed by atoms with Crippen molar-refractivity contribution in [3.63, 3.8) is 0 Å². The van der Waals surface area contributed by atoms with Gasteiger partial charge < -0.3 is 0 Å². The van der Waals surface area contributed by atoms with E-state index in [0.717, 1.165) is 27.1 Å². The van der Waals surface area contributed by atoms with Gasteiger partial charge in [-0.2, -0.15) is 0 Å². The van der Waals surface area contributed by atoms with E-state index < -0.39 is 38.2 Å². The van der Waals surface area contributed by atoms with E-state index >= 15 is 13.2 Å². The van der Waals surface area contributed by atoms with Crippen LogP contribution in [0, 0.1) is 21.0 Å². The molecule has 5 heterocycles. The molecule has 0 spiro atoms. The zero-order valence-electron chi connectivity index (χ0n) is 31.8. The number of fused-ring (bicyclic) bond motifs is 7. The third-order valence-corrected chi connectivity index (χ3v) is 12.5. The number of aromatic nitrogens is 7. The Balaban J connectivity index is 1.10. The minimum absolute atomic E-state index is 0.0150. The minimum atomic E-state index is -0.954. The molecule has 0 aliphatic heterocycles. The van der Waals surface area contributed by atoms with Gasteiger partial charge in [-0.15, -0.1) is 0 Å². The molecule has 0 radical (unpaired) electrons. The van der Waals surface area contributed by atoms with Crippen molar-refractivity contribution in [2.24, 2.45) is 0 Å². The molecule has 0 aliphatic carbocycles. The zero-order valence-corrected chi connectivity index (χ0v) is 33.9. The summed E-state index contributed by atoms with van der Waals surface area (Å²) < 4.78 is 55.1. The lowest BCUT2D eigenvalue weighted by atomic mass is 9.95. The fourth-order valence-corrected chi connectivity index (χ4v) is 9.57. The van der Waals surface area contributed by atoms with Crippen LogP contribution in [0.5, 0.6) is 0 Å². The second kappa shape index (κ2) is 14.7. The Morgan fingerprint density at radius 3 is 1.43 bits per heavy atom.